The number of methoxy groups -OCH3 is 1. The summed E-state index contributed by atoms with van der Waals surface area (Å²) < 4.78 is 5.12. The van der Waals surface area contributed by atoms with Crippen molar-refractivity contribution < 1.29 is 14.7 Å². The number of hydrogen-bond donors (Lipinski definition) is 2. The number of nitrogens with one attached hydrogen (secondary N) is 1. The predicted molar refractivity (Wildman–Crippen MR) is 137 cm³/mol. The summed E-state index contributed by atoms with van der Waals surface area (Å²) in [4.78, 5) is 16.8. The molecule has 1 aromatic heterocycles. The van der Waals surface area contributed by atoms with Crippen molar-refractivity contribution in [2.75, 3.05) is 12.4 Å². The van der Waals surface area contributed by atoms with Gasteiger partial charge >= 0.3 is 0 Å². The van der Waals surface area contributed by atoms with E-state index in [-0.39, 0.29) is 11.3 Å². The summed E-state index contributed by atoms with van der Waals surface area (Å²) in [6.45, 7) is 2.31. The zero-order valence-corrected chi connectivity index (χ0v) is 21.2. The minimum atomic E-state index is -0.0558. The Morgan fingerprint density at radius 1 is 1.31 bits per heavy atom. The molecule has 0 saturated heterocycles. The number of rotatable bonds is 6. The largest absolute Gasteiger partial charge is 0.495 e. The molecule has 0 radical (unpaired) electrons. The van der Waals surface area contributed by atoms with E-state index in [9.17, 15) is 10.0 Å². The van der Waals surface area contributed by atoms with Gasteiger partial charge in [-0.15, -0.1) is 0 Å². The molecule has 2 fully saturated rings. The van der Waals surface area contributed by atoms with Gasteiger partial charge in [0, 0.05) is 16.9 Å². The summed E-state index contributed by atoms with van der Waals surface area (Å²) in [5.41, 5.74) is 3.77. The van der Waals surface area contributed by atoms with Gasteiger partial charge in [0.2, 0.25) is 5.91 Å². The van der Waals surface area contributed by atoms with E-state index >= 15 is 0 Å². The molecule has 0 bridgehead atoms. The third-order valence-electron chi connectivity index (χ3n) is 8.90. The van der Waals surface area contributed by atoms with Crippen LogP contribution in [0.3, 0.4) is 0 Å². The number of ether oxygens (including phenoxy) is 1. The average molecular weight is 496 g/mol. The Balaban J connectivity index is 1.27. The molecule has 5 rings (SSSR count). The van der Waals surface area contributed by atoms with E-state index in [0.717, 1.165) is 55.7 Å². The van der Waals surface area contributed by atoms with Gasteiger partial charge in [-0.25, -0.2) is 4.98 Å². The van der Waals surface area contributed by atoms with Crippen LogP contribution >= 0.6 is 11.6 Å². The van der Waals surface area contributed by atoms with Crippen molar-refractivity contribution in [3.05, 3.63) is 52.7 Å². The number of carbonyl (C=O) groups is 1. The van der Waals surface area contributed by atoms with Crippen LogP contribution in [-0.4, -0.2) is 28.9 Å². The lowest BCUT2D eigenvalue weighted by Crippen LogP contribution is -2.44. The van der Waals surface area contributed by atoms with Gasteiger partial charge in [-0.3, -0.25) is 4.79 Å². The highest BCUT2D eigenvalue weighted by Crippen LogP contribution is 2.62. The SMILES string of the molecule is COc1ccc(NC(=O)CCC[C@@H]2C/C(=N\O)[C@@]3(C)CCC4c5ccc(Cl)cc5CCC4C23)nc1. The van der Waals surface area contributed by atoms with Crippen molar-refractivity contribution in [2.45, 2.75) is 64.2 Å². The van der Waals surface area contributed by atoms with Gasteiger partial charge < -0.3 is 15.3 Å². The molecule has 5 atom stereocenters. The van der Waals surface area contributed by atoms with E-state index in [2.05, 4.69) is 34.5 Å². The van der Waals surface area contributed by atoms with E-state index in [1.807, 2.05) is 6.07 Å². The number of oxime groups is 1. The first-order valence-corrected chi connectivity index (χ1v) is 13.1. The summed E-state index contributed by atoms with van der Waals surface area (Å²) in [6, 6.07) is 9.94. The lowest BCUT2D eigenvalue weighted by molar-refractivity contribution is -0.116. The van der Waals surface area contributed by atoms with Crippen molar-refractivity contribution in [3.63, 3.8) is 0 Å². The van der Waals surface area contributed by atoms with Crippen LogP contribution in [0.15, 0.2) is 41.7 Å². The number of nitrogens with zero attached hydrogens (tertiary/aromatic N) is 2. The van der Waals surface area contributed by atoms with Crippen molar-refractivity contribution in [1.29, 1.82) is 0 Å². The van der Waals surface area contributed by atoms with Gasteiger partial charge in [0.1, 0.15) is 11.6 Å². The Bertz CT molecular complexity index is 1120. The fraction of sp³-hybridized carbons (Fsp3) is 0.536. The van der Waals surface area contributed by atoms with Gasteiger partial charge in [-0.2, -0.15) is 0 Å². The number of benzene rings is 1. The van der Waals surface area contributed by atoms with E-state index in [1.165, 1.54) is 11.1 Å². The fourth-order valence-corrected chi connectivity index (χ4v) is 7.55. The molecule has 1 aromatic carbocycles. The quantitative estimate of drug-likeness (QED) is 0.355. The Labute approximate surface area is 212 Å². The molecule has 1 amide bonds. The monoisotopic (exact) mass is 495 g/mol. The van der Waals surface area contributed by atoms with Crippen LogP contribution in [0.2, 0.25) is 5.02 Å². The minimum Gasteiger partial charge on any atom is -0.495 e. The van der Waals surface area contributed by atoms with Crippen LogP contribution in [0.4, 0.5) is 5.82 Å². The van der Waals surface area contributed by atoms with E-state index < -0.39 is 0 Å². The maximum absolute atomic E-state index is 12.5. The molecule has 1 heterocycles. The summed E-state index contributed by atoms with van der Waals surface area (Å²) >= 11 is 6.29. The lowest BCUT2D eigenvalue weighted by atomic mass is 9.54. The highest BCUT2D eigenvalue weighted by molar-refractivity contribution is 6.30. The molecule has 2 saturated carbocycles. The van der Waals surface area contributed by atoms with Crippen molar-refractivity contribution in [3.8, 4) is 5.75 Å². The second kappa shape index (κ2) is 9.81. The highest BCUT2D eigenvalue weighted by atomic mass is 35.5. The van der Waals surface area contributed by atoms with Crippen LogP contribution in [0, 0.1) is 23.2 Å². The molecule has 2 aromatic rings. The number of amides is 1. The molecule has 186 valence electrons. The lowest BCUT2D eigenvalue weighted by Gasteiger charge is -2.50. The first-order chi connectivity index (χ1) is 16.9. The first-order valence-electron chi connectivity index (χ1n) is 12.7. The summed E-state index contributed by atoms with van der Waals surface area (Å²) in [5, 5.41) is 17.4. The Kier molecular flexibility index (Phi) is 6.75. The van der Waals surface area contributed by atoms with E-state index in [0.29, 0.717) is 41.7 Å². The van der Waals surface area contributed by atoms with Crippen LogP contribution in [-0.2, 0) is 11.2 Å². The fourth-order valence-electron chi connectivity index (χ4n) is 7.36. The number of pyridine rings is 1. The number of hydrogen-bond acceptors (Lipinski definition) is 5. The van der Waals surface area contributed by atoms with Crippen LogP contribution in [0.5, 0.6) is 5.75 Å². The van der Waals surface area contributed by atoms with Crippen molar-refractivity contribution in [1.82, 2.24) is 4.98 Å². The topological polar surface area (TPSA) is 83.8 Å². The molecule has 35 heavy (non-hydrogen) atoms. The van der Waals surface area contributed by atoms with Gasteiger partial charge in [0.25, 0.3) is 0 Å². The van der Waals surface area contributed by atoms with Crippen LogP contribution in [0.25, 0.3) is 0 Å². The number of aromatic nitrogens is 1. The average Bonchev–Trinajstić information content (AvgIpc) is 3.15. The summed E-state index contributed by atoms with van der Waals surface area (Å²) in [7, 11) is 1.59. The zero-order chi connectivity index (χ0) is 24.6. The molecular formula is C28H34ClN3O3. The maximum Gasteiger partial charge on any atom is 0.225 e. The number of anilines is 1. The molecule has 2 N–H and O–H groups in total. The van der Waals surface area contributed by atoms with Gasteiger partial charge in [-0.05, 0) is 104 Å². The second-order valence-electron chi connectivity index (χ2n) is 10.7. The molecule has 7 heteroatoms. The number of aryl methyl sites for hydroxylation is 1. The van der Waals surface area contributed by atoms with Gasteiger partial charge in [0.15, 0.2) is 0 Å². The molecular weight excluding hydrogens is 462 g/mol. The molecule has 6 nitrogen and oxygen atoms in total. The third kappa shape index (κ3) is 4.53. The standard InChI is InChI=1S/C28H34ClN3O3/c1-28-13-12-22-21-10-7-19(29)14-17(21)6-9-23(22)27(28)18(15-24(28)32-34)4-3-5-26(33)31-25-11-8-20(35-2)16-30-25/h7-8,10-11,14,16,18,22-23,27,34H,3-6,9,12-13,15H2,1-2H3,(H,30,31,33)/b32-24+/t18-,22?,23?,27?,28-/m1/s1. The van der Waals surface area contributed by atoms with Crippen molar-refractivity contribution >= 4 is 29.0 Å². The van der Waals surface area contributed by atoms with Gasteiger partial charge in [0.05, 0.1) is 19.0 Å². The summed E-state index contributed by atoms with van der Waals surface area (Å²) in [6.07, 6.45) is 9.01. The number of halogens is 1. The van der Waals surface area contributed by atoms with E-state index in [1.54, 1.807) is 25.4 Å². The molecule has 3 aliphatic rings. The highest BCUT2D eigenvalue weighted by Gasteiger charge is 2.57. The second-order valence-corrected chi connectivity index (χ2v) is 11.1. The van der Waals surface area contributed by atoms with Crippen LogP contribution < -0.4 is 10.1 Å². The minimum absolute atomic E-state index is 0.0236. The molecule has 3 unspecified atom stereocenters. The first kappa shape index (κ1) is 24.1. The van der Waals surface area contributed by atoms with E-state index in [4.69, 9.17) is 16.3 Å². The predicted octanol–water partition coefficient (Wildman–Crippen LogP) is 6.47. The smallest absolute Gasteiger partial charge is 0.225 e. The number of fused-ring (bicyclic) bond motifs is 5. The Hall–Kier alpha value is -2.60. The molecule has 0 aliphatic heterocycles. The Morgan fingerprint density at radius 3 is 2.91 bits per heavy atom. The normalized spacial score (nSPS) is 30.3. The number of carbonyl (C=O) groups excluding carboxylic acids is 1. The van der Waals surface area contributed by atoms with Crippen molar-refractivity contribution in [2.24, 2.45) is 28.3 Å². The zero-order valence-electron chi connectivity index (χ0n) is 20.5. The van der Waals surface area contributed by atoms with Crippen LogP contribution in [0.1, 0.15) is 68.9 Å². The maximum atomic E-state index is 12.5. The third-order valence-corrected chi connectivity index (χ3v) is 9.14. The molecule has 0 spiro atoms. The summed E-state index contributed by atoms with van der Waals surface area (Å²) in [5.74, 6) is 3.19. The Morgan fingerprint density at radius 2 is 2.17 bits per heavy atom. The van der Waals surface area contributed by atoms with Gasteiger partial charge in [-0.1, -0.05) is 29.7 Å². The molecule has 3 aliphatic carbocycles.